The molecule has 1 spiro atoms. The number of ether oxygens (including phenoxy) is 2. The summed E-state index contributed by atoms with van der Waals surface area (Å²) >= 11 is 1.82. The summed E-state index contributed by atoms with van der Waals surface area (Å²) in [5.74, 6) is 0. The molecule has 2 fully saturated rings. The lowest BCUT2D eigenvalue weighted by Gasteiger charge is -2.52. The Kier molecular flexibility index (Phi) is 4.05. The molecule has 0 aliphatic carbocycles. The summed E-state index contributed by atoms with van der Waals surface area (Å²) in [6, 6.07) is 6.67. The quantitative estimate of drug-likeness (QED) is 0.862. The Bertz CT molecular complexity index is 656. The normalized spacial score (nSPS) is 23.6. The number of nitrogens with zero attached hydrogens (tertiary/aromatic N) is 3. The summed E-state index contributed by atoms with van der Waals surface area (Å²) in [7, 11) is 0. The van der Waals surface area contributed by atoms with Crippen molar-refractivity contribution in [3.63, 3.8) is 0 Å². The van der Waals surface area contributed by atoms with Gasteiger partial charge >= 0.3 is 6.01 Å². The third-order valence-electron chi connectivity index (χ3n) is 4.48. The first-order valence-electron chi connectivity index (χ1n) is 8.06. The van der Waals surface area contributed by atoms with Gasteiger partial charge in [-0.2, -0.15) is 0 Å². The van der Waals surface area contributed by atoms with E-state index in [0.717, 1.165) is 44.8 Å². The largest absolute Gasteiger partial charge is 0.460 e. The van der Waals surface area contributed by atoms with E-state index in [1.165, 1.54) is 4.88 Å². The van der Waals surface area contributed by atoms with Crippen molar-refractivity contribution in [1.29, 1.82) is 0 Å². The van der Waals surface area contributed by atoms with Crippen molar-refractivity contribution in [2.45, 2.75) is 38.0 Å². The molecule has 0 amide bonds. The summed E-state index contributed by atoms with van der Waals surface area (Å²) < 4.78 is 12.1. The molecule has 2 saturated heterocycles. The maximum Gasteiger partial charge on any atom is 0.316 e. The second kappa shape index (κ2) is 6.19. The molecule has 5 nitrogen and oxygen atoms in total. The summed E-state index contributed by atoms with van der Waals surface area (Å²) in [6.07, 6.45) is 3.73. The first-order valence-corrected chi connectivity index (χ1v) is 8.94. The number of hydrogen-bond acceptors (Lipinski definition) is 6. The van der Waals surface area contributed by atoms with Gasteiger partial charge in [0.1, 0.15) is 6.10 Å². The monoisotopic (exact) mass is 331 g/mol. The summed E-state index contributed by atoms with van der Waals surface area (Å²) in [6.45, 7) is 5.70. The molecule has 1 atom stereocenters. The van der Waals surface area contributed by atoms with Gasteiger partial charge in [-0.1, -0.05) is 6.07 Å². The molecule has 1 unspecified atom stereocenters. The summed E-state index contributed by atoms with van der Waals surface area (Å²) in [5, 5.41) is 2.13. The third kappa shape index (κ3) is 3.39. The van der Waals surface area contributed by atoms with E-state index in [9.17, 15) is 0 Å². The fourth-order valence-electron chi connectivity index (χ4n) is 3.44. The van der Waals surface area contributed by atoms with E-state index in [0.29, 0.717) is 6.01 Å². The molecule has 4 rings (SSSR count). The molecule has 4 heterocycles. The molecule has 0 bridgehead atoms. The first-order chi connectivity index (χ1) is 11.2. The Balaban J connectivity index is 1.33. The number of aryl methyl sites for hydroxylation is 1. The molecule has 2 aromatic rings. The van der Waals surface area contributed by atoms with Crippen molar-refractivity contribution < 1.29 is 9.47 Å². The summed E-state index contributed by atoms with van der Waals surface area (Å²) in [5.41, 5.74) is 0.895. The predicted molar refractivity (Wildman–Crippen MR) is 88.7 cm³/mol. The van der Waals surface area contributed by atoms with E-state index >= 15 is 0 Å². The van der Waals surface area contributed by atoms with Crippen molar-refractivity contribution in [2.24, 2.45) is 0 Å². The average molecular weight is 331 g/mol. The first kappa shape index (κ1) is 15.1. The van der Waals surface area contributed by atoms with Gasteiger partial charge in [0.25, 0.3) is 0 Å². The minimum Gasteiger partial charge on any atom is -0.460 e. The molecular formula is C17H21N3O2S. The lowest BCUT2D eigenvalue weighted by atomic mass is 9.84. The molecule has 2 aliphatic rings. The van der Waals surface area contributed by atoms with E-state index in [1.807, 2.05) is 24.3 Å². The number of hydrogen-bond donors (Lipinski definition) is 0. The molecule has 0 aromatic carbocycles. The van der Waals surface area contributed by atoms with E-state index in [2.05, 4.69) is 32.4 Å². The van der Waals surface area contributed by atoms with Crippen LogP contribution < -0.4 is 4.74 Å². The maximum absolute atomic E-state index is 6.08. The Hall–Kier alpha value is -1.50. The number of aromatic nitrogens is 2. The maximum atomic E-state index is 6.08. The highest BCUT2D eigenvalue weighted by atomic mass is 32.1. The van der Waals surface area contributed by atoms with Crippen LogP contribution in [0.15, 0.2) is 29.8 Å². The highest BCUT2D eigenvalue weighted by Crippen LogP contribution is 2.36. The standard InChI is InChI=1S/C17H21N3O2S/c1-13-4-6-18-16(19-13)22-14-5-7-21-17(9-14)11-20(12-17)10-15-3-2-8-23-15/h2-4,6,8,14H,5,7,9-12H2,1H3. The second-order valence-electron chi connectivity index (χ2n) is 6.47. The van der Waals surface area contributed by atoms with Gasteiger partial charge in [0, 0.05) is 49.2 Å². The minimum atomic E-state index is -0.0377. The summed E-state index contributed by atoms with van der Waals surface area (Å²) in [4.78, 5) is 12.4. The Morgan fingerprint density at radius 1 is 1.43 bits per heavy atom. The lowest BCUT2D eigenvalue weighted by Crippen LogP contribution is -2.65. The number of likely N-dealkylation sites (tertiary alicyclic amines) is 1. The molecule has 2 aromatic heterocycles. The zero-order valence-corrected chi connectivity index (χ0v) is 14.1. The molecule has 23 heavy (non-hydrogen) atoms. The van der Waals surface area contributed by atoms with Gasteiger partial charge in [-0.3, -0.25) is 4.90 Å². The number of thiophene rings is 1. The van der Waals surface area contributed by atoms with Crippen LogP contribution in [0.1, 0.15) is 23.4 Å². The molecule has 6 heteroatoms. The van der Waals surface area contributed by atoms with Crippen molar-refractivity contribution >= 4 is 11.3 Å². The number of rotatable bonds is 4. The van der Waals surface area contributed by atoms with Gasteiger partial charge in [-0.05, 0) is 24.4 Å². The zero-order chi connectivity index (χ0) is 15.7. The van der Waals surface area contributed by atoms with Crippen molar-refractivity contribution in [3.8, 4) is 6.01 Å². The van der Waals surface area contributed by atoms with E-state index in [4.69, 9.17) is 9.47 Å². The molecule has 0 saturated carbocycles. The fourth-order valence-corrected chi connectivity index (χ4v) is 4.19. The topological polar surface area (TPSA) is 47.5 Å². The van der Waals surface area contributed by atoms with Crippen molar-refractivity contribution in [1.82, 2.24) is 14.9 Å². The lowest BCUT2D eigenvalue weighted by molar-refractivity contribution is -0.188. The average Bonchev–Trinajstić information content (AvgIpc) is 2.99. The Morgan fingerprint density at radius 3 is 3.13 bits per heavy atom. The van der Waals surface area contributed by atoms with Gasteiger partial charge < -0.3 is 9.47 Å². The SMILES string of the molecule is Cc1ccnc(OC2CCOC3(C2)CN(Cc2cccs2)C3)n1. The smallest absolute Gasteiger partial charge is 0.316 e. The van der Waals surface area contributed by atoms with Crippen molar-refractivity contribution in [3.05, 3.63) is 40.3 Å². The second-order valence-corrected chi connectivity index (χ2v) is 7.50. The minimum absolute atomic E-state index is 0.0377. The van der Waals surface area contributed by atoms with Crippen LogP contribution in [0.4, 0.5) is 0 Å². The van der Waals surface area contributed by atoms with Crippen LogP contribution in [-0.4, -0.2) is 46.3 Å². The fraction of sp³-hybridized carbons (Fsp3) is 0.529. The Morgan fingerprint density at radius 2 is 2.35 bits per heavy atom. The van der Waals surface area contributed by atoms with Crippen LogP contribution in [-0.2, 0) is 11.3 Å². The van der Waals surface area contributed by atoms with Gasteiger partial charge in [-0.15, -0.1) is 11.3 Å². The van der Waals surface area contributed by atoms with E-state index in [1.54, 1.807) is 6.20 Å². The third-order valence-corrected chi connectivity index (χ3v) is 5.34. The van der Waals surface area contributed by atoms with Gasteiger partial charge in [-0.25, -0.2) is 9.97 Å². The Labute approximate surface area is 140 Å². The molecular weight excluding hydrogens is 310 g/mol. The van der Waals surface area contributed by atoms with Gasteiger partial charge in [0.2, 0.25) is 0 Å². The van der Waals surface area contributed by atoms with Gasteiger partial charge in [0.15, 0.2) is 0 Å². The molecule has 2 aliphatic heterocycles. The highest BCUT2D eigenvalue weighted by molar-refractivity contribution is 7.09. The van der Waals surface area contributed by atoms with Crippen LogP contribution in [0.3, 0.4) is 0 Å². The molecule has 122 valence electrons. The van der Waals surface area contributed by atoms with E-state index < -0.39 is 0 Å². The van der Waals surface area contributed by atoms with Crippen LogP contribution in [0.5, 0.6) is 6.01 Å². The van der Waals surface area contributed by atoms with Crippen LogP contribution in [0.2, 0.25) is 0 Å². The molecule has 0 N–H and O–H groups in total. The highest BCUT2D eigenvalue weighted by Gasteiger charge is 2.48. The van der Waals surface area contributed by atoms with Crippen molar-refractivity contribution in [2.75, 3.05) is 19.7 Å². The van der Waals surface area contributed by atoms with Crippen LogP contribution in [0, 0.1) is 6.92 Å². The zero-order valence-electron chi connectivity index (χ0n) is 13.3. The van der Waals surface area contributed by atoms with E-state index in [-0.39, 0.29) is 11.7 Å². The predicted octanol–water partition coefficient (Wildman–Crippen LogP) is 2.66. The molecule has 0 radical (unpaired) electrons. The van der Waals surface area contributed by atoms with Crippen LogP contribution >= 0.6 is 11.3 Å². The van der Waals surface area contributed by atoms with Gasteiger partial charge in [0.05, 0.1) is 12.2 Å². The van der Waals surface area contributed by atoms with Crippen LogP contribution in [0.25, 0.3) is 0 Å².